The Morgan fingerprint density at radius 2 is 1.69 bits per heavy atom. The zero-order valence-corrected chi connectivity index (χ0v) is 17.4. The van der Waals surface area contributed by atoms with Gasteiger partial charge in [-0.1, -0.05) is 48.5 Å². The van der Waals surface area contributed by atoms with Crippen LogP contribution in [-0.4, -0.2) is 27.0 Å². The number of carbonyl (C=O) groups is 1. The van der Waals surface area contributed by atoms with Crippen LogP contribution in [0.5, 0.6) is 5.75 Å². The van der Waals surface area contributed by atoms with E-state index in [1.165, 1.54) is 6.07 Å². The molecule has 2 aromatic heterocycles. The maximum Gasteiger partial charge on any atom is 0.260 e. The Hall–Kier alpha value is -4.39. The van der Waals surface area contributed by atoms with Crippen molar-refractivity contribution in [1.82, 2.24) is 14.0 Å². The van der Waals surface area contributed by atoms with Crippen molar-refractivity contribution in [2.75, 3.05) is 12.4 Å². The Labute approximate surface area is 183 Å². The van der Waals surface area contributed by atoms with Crippen LogP contribution in [0.1, 0.15) is 0 Å². The monoisotopic (exact) mass is 424 g/mol. The molecule has 0 fully saturated rings. The molecule has 1 N–H and O–H groups in total. The summed E-state index contributed by atoms with van der Waals surface area (Å²) in [5.74, 6) is 0.833. The first kappa shape index (κ1) is 19.6. The molecule has 5 rings (SSSR count). The van der Waals surface area contributed by atoms with Crippen molar-refractivity contribution in [2.45, 2.75) is 6.54 Å². The van der Waals surface area contributed by atoms with E-state index in [0.29, 0.717) is 28.4 Å². The molecule has 0 saturated heterocycles. The van der Waals surface area contributed by atoms with E-state index >= 15 is 0 Å². The SMILES string of the molecule is COc1cccc(NC(=O)Cn2c3ccccc3n3c(=O)cc(-c4ccccc4)nc23)c1. The summed E-state index contributed by atoms with van der Waals surface area (Å²) < 4.78 is 8.53. The fourth-order valence-corrected chi connectivity index (χ4v) is 3.82. The summed E-state index contributed by atoms with van der Waals surface area (Å²) in [5, 5.41) is 2.89. The predicted octanol–water partition coefficient (Wildman–Crippen LogP) is 3.96. The van der Waals surface area contributed by atoms with Crippen LogP contribution in [0.3, 0.4) is 0 Å². The number of hydrogen-bond acceptors (Lipinski definition) is 4. The maximum atomic E-state index is 13.0. The number of carbonyl (C=O) groups excluding carboxylic acids is 1. The predicted molar refractivity (Wildman–Crippen MR) is 124 cm³/mol. The molecule has 0 aliphatic rings. The third kappa shape index (κ3) is 3.50. The molecule has 1 amide bonds. The molecule has 32 heavy (non-hydrogen) atoms. The smallest absolute Gasteiger partial charge is 0.260 e. The topological polar surface area (TPSA) is 77.6 Å². The van der Waals surface area contributed by atoms with Crippen LogP contribution in [0.2, 0.25) is 0 Å². The van der Waals surface area contributed by atoms with Gasteiger partial charge in [0.25, 0.3) is 5.56 Å². The first-order valence-corrected chi connectivity index (χ1v) is 10.1. The molecule has 0 unspecified atom stereocenters. The molecule has 0 atom stereocenters. The summed E-state index contributed by atoms with van der Waals surface area (Å²) in [6, 6.07) is 25.7. The number of aromatic nitrogens is 3. The second-order valence-electron chi connectivity index (χ2n) is 7.34. The van der Waals surface area contributed by atoms with E-state index in [1.807, 2.05) is 66.7 Å². The Balaban J connectivity index is 1.61. The lowest BCUT2D eigenvalue weighted by atomic mass is 10.1. The molecule has 158 valence electrons. The Morgan fingerprint density at radius 3 is 2.47 bits per heavy atom. The summed E-state index contributed by atoms with van der Waals surface area (Å²) in [6.45, 7) is -0.00109. The van der Waals surface area contributed by atoms with Gasteiger partial charge in [0.2, 0.25) is 11.7 Å². The van der Waals surface area contributed by atoms with Crippen molar-refractivity contribution >= 4 is 28.4 Å². The summed E-state index contributed by atoms with van der Waals surface area (Å²) in [6.07, 6.45) is 0. The second kappa shape index (κ2) is 8.03. The summed E-state index contributed by atoms with van der Waals surface area (Å²) in [7, 11) is 1.58. The molecule has 5 aromatic rings. The Kier molecular flexibility index (Phi) is 4.91. The first-order chi connectivity index (χ1) is 15.6. The number of ether oxygens (including phenoxy) is 1. The molecular formula is C25H20N4O3. The van der Waals surface area contributed by atoms with Crippen molar-refractivity contribution in [3.63, 3.8) is 0 Å². The highest BCUT2D eigenvalue weighted by Gasteiger charge is 2.17. The third-order valence-corrected chi connectivity index (χ3v) is 5.28. The maximum absolute atomic E-state index is 13.0. The van der Waals surface area contributed by atoms with Crippen LogP contribution >= 0.6 is 0 Å². The standard InChI is InChI=1S/C25H20N4O3/c1-32-19-11-7-10-18(14-19)26-23(30)16-28-21-12-5-6-13-22(21)29-24(31)15-20(27-25(28)29)17-8-3-2-4-9-17/h2-15H,16H2,1H3,(H,26,30). The lowest BCUT2D eigenvalue weighted by molar-refractivity contribution is -0.116. The van der Waals surface area contributed by atoms with Gasteiger partial charge in [-0.05, 0) is 24.3 Å². The van der Waals surface area contributed by atoms with Gasteiger partial charge in [-0.2, -0.15) is 0 Å². The molecule has 7 nitrogen and oxygen atoms in total. The van der Waals surface area contributed by atoms with Crippen LogP contribution in [0.15, 0.2) is 89.7 Å². The Morgan fingerprint density at radius 1 is 0.938 bits per heavy atom. The minimum atomic E-state index is -0.235. The van der Waals surface area contributed by atoms with Crippen molar-refractivity contribution in [3.8, 4) is 17.0 Å². The molecule has 0 saturated carbocycles. The van der Waals surface area contributed by atoms with Gasteiger partial charge in [-0.3, -0.25) is 9.59 Å². The van der Waals surface area contributed by atoms with Crippen molar-refractivity contribution in [1.29, 1.82) is 0 Å². The van der Waals surface area contributed by atoms with E-state index in [9.17, 15) is 9.59 Å². The normalized spacial score (nSPS) is 11.0. The van der Waals surface area contributed by atoms with Gasteiger partial charge in [0.1, 0.15) is 12.3 Å². The molecule has 0 bridgehead atoms. The van der Waals surface area contributed by atoms with Crippen molar-refractivity contribution < 1.29 is 9.53 Å². The molecule has 0 spiro atoms. The van der Waals surface area contributed by atoms with Gasteiger partial charge in [0.15, 0.2) is 0 Å². The number of hydrogen-bond donors (Lipinski definition) is 1. The summed E-state index contributed by atoms with van der Waals surface area (Å²) >= 11 is 0. The first-order valence-electron chi connectivity index (χ1n) is 10.1. The molecule has 0 aliphatic carbocycles. The van der Waals surface area contributed by atoms with Gasteiger partial charge in [-0.15, -0.1) is 0 Å². The van der Waals surface area contributed by atoms with Gasteiger partial charge in [-0.25, -0.2) is 9.38 Å². The van der Waals surface area contributed by atoms with E-state index in [-0.39, 0.29) is 18.0 Å². The highest BCUT2D eigenvalue weighted by molar-refractivity contribution is 5.93. The third-order valence-electron chi connectivity index (χ3n) is 5.28. The number of rotatable bonds is 5. The molecule has 2 heterocycles. The molecule has 0 radical (unpaired) electrons. The van der Waals surface area contributed by atoms with Gasteiger partial charge < -0.3 is 14.6 Å². The van der Waals surface area contributed by atoms with Crippen LogP contribution in [0.4, 0.5) is 5.69 Å². The summed E-state index contributed by atoms with van der Waals surface area (Å²) in [5.41, 5.74) is 3.29. The minimum Gasteiger partial charge on any atom is -0.497 e. The quantitative estimate of drug-likeness (QED) is 0.463. The number of para-hydroxylation sites is 2. The number of anilines is 1. The van der Waals surface area contributed by atoms with E-state index in [4.69, 9.17) is 9.72 Å². The van der Waals surface area contributed by atoms with Gasteiger partial charge in [0, 0.05) is 23.4 Å². The zero-order chi connectivity index (χ0) is 22.1. The van der Waals surface area contributed by atoms with Crippen LogP contribution in [0.25, 0.3) is 28.1 Å². The number of benzene rings is 3. The van der Waals surface area contributed by atoms with E-state index in [1.54, 1.807) is 28.2 Å². The molecule has 3 aromatic carbocycles. The van der Waals surface area contributed by atoms with Gasteiger partial charge >= 0.3 is 0 Å². The average molecular weight is 424 g/mol. The zero-order valence-electron chi connectivity index (χ0n) is 17.4. The highest BCUT2D eigenvalue weighted by Crippen LogP contribution is 2.22. The second-order valence-corrected chi connectivity index (χ2v) is 7.34. The fourth-order valence-electron chi connectivity index (χ4n) is 3.82. The largest absolute Gasteiger partial charge is 0.497 e. The fraction of sp³-hybridized carbons (Fsp3) is 0.0800. The number of fused-ring (bicyclic) bond motifs is 3. The average Bonchev–Trinajstić information content (AvgIpc) is 3.13. The summed E-state index contributed by atoms with van der Waals surface area (Å²) in [4.78, 5) is 30.7. The van der Waals surface area contributed by atoms with Crippen LogP contribution < -0.4 is 15.6 Å². The molecular weight excluding hydrogens is 404 g/mol. The van der Waals surface area contributed by atoms with Crippen molar-refractivity contribution in [3.05, 3.63) is 95.3 Å². The minimum absolute atomic E-state index is 0.00109. The van der Waals surface area contributed by atoms with Crippen molar-refractivity contribution in [2.24, 2.45) is 0 Å². The van der Waals surface area contributed by atoms with E-state index < -0.39 is 0 Å². The Bertz CT molecular complexity index is 1500. The van der Waals surface area contributed by atoms with E-state index in [2.05, 4.69) is 5.32 Å². The number of imidazole rings is 1. The van der Waals surface area contributed by atoms with E-state index in [0.717, 1.165) is 11.1 Å². The number of amides is 1. The number of nitrogens with one attached hydrogen (secondary N) is 1. The van der Waals surface area contributed by atoms with Gasteiger partial charge in [0.05, 0.1) is 23.8 Å². The highest BCUT2D eigenvalue weighted by atomic mass is 16.5. The van der Waals surface area contributed by atoms with Crippen LogP contribution in [0, 0.1) is 0 Å². The number of methoxy groups -OCH3 is 1. The molecule has 7 heteroatoms. The van der Waals surface area contributed by atoms with Crippen LogP contribution in [-0.2, 0) is 11.3 Å². The lowest BCUT2D eigenvalue weighted by Crippen LogP contribution is -2.20. The number of nitrogens with zero attached hydrogens (tertiary/aromatic N) is 3. The lowest BCUT2D eigenvalue weighted by Gasteiger charge is -2.09. The molecule has 0 aliphatic heterocycles.